The van der Waals surface area contributed by atoms with E-state index in [4.69, 9.17) is 4.42 Å². The van der Waals surface area contributed by atoms with Crippen molar-refractivity contribution in [3.8, 4) is 0 Å². The van der Waals surface area contributed by atoms with Gasteiger partial charge in [0.25, 0.3) is 0 Å². The first-order valence-electron chi connectivity index (χ1n) is 9.51. The summed E-state index contributed by atoms with van der Waals surface area (Å²) >= 11 is 0. The average Bonchev–Trinajstić information content (AvgIpc) is 3.09. The SMILES string of the molecule is Cc1cccc([NH+]2CCN(c3ncnc4c3oc3ccccc34)CC2)c1C. The molecule has 0 amide bonds. The Bertz CT molecular complexity index is 1130. The molecule has 3 heterocycles. The van der Waals surface area contributed by atoms with Gasteiger partial charge in [-0.25, -0.2) is 9.97 Å². The lowest BCUT2D eigenvalue weighted by molar-refractivity contribution is -0.833. The number of anilines is 1. The minimum Gasteiger partial charge on any atom is -0.450 e. The van der Waals surface area contributed by atoms with Gasteiger partial charge in [0, 0.05) is 10.9 Å². The van der Waals surface area contributed by atoms with Gasteiger partial charge >= 0.3 is 0 Å². The van der Waals surface area contributed by atoms with E-state index in [0.29, 0.717) is 0 Å². The Hall–Kier alpha value is -2.92. The molecule has 1 N–H and O–H groups in total. The number of quaternary nitrogens is 1. The fourth-order valence-corrected chi connectivity index (χ4v) is 4.13. The number of nitrogens with one attached hydrogen (secondary N) is 1. The molecule has 27 heavy (non-hydrogen) atoms. The summed E-state index contributed by atoms with van der Waals surface area (Å²) in [5.41, 5.74) is 6.76. The van der Waals surface area contributed by atoms with Crippen molar-refractivity contribution in [2.45, 2.75) is 13.8 Å². The standard InChI is InChI=1S/C22H22N4O/c1-15-6-5-8-18(16(15)2)25-10-12-26(13-11-25)22-21-20(23-14-24-22)17-7-3-4-9-19(17)27-21/h3-9,14H,10-13H2,1-2H3/p+1. The van der Waals surface area contributed by atoms with Crippen molar-refractivity contribution in [3.05, 3.63) is 59.9 Å². The van der Waals surface area contributed by atoms with E-state index in [2.05, 4.69) is 53.0 Å². The largest absolute Gasteiger partial charge is 0.450 e. The van der Waals surface area contributed by atoms with Crippen LogP contribution in [-0.4, -0.2) is 36.1 Å². The summed E-state index contributed by atoms with van der Waals surface area (Å²) in [6, 6.07) is 14.7. The molecule has 1 fully saturated rings. The van der Waals surface area contributed by atoms with Gasteiger partial charge in [0.1, 0.15) is 23.1 Å². The van der Waals surface area contributed by atoms with E-state index in [1.54, 1.807) is 11.2 Å². The molecule has 0 aliphatic carbocycles. The Labute approximate surface area is 158 Å². The molecule has 5 heteroatoms. The van der Waals surface area contributed by atoms with Crippen LogP contribution < -0.4 is 9.80 Å². The number of nitrogens with zero attached hydrogens (tertiary/aromatic N) is 3. The lowest BCUT2D eigenvalue weighted by Crippen LogP contribution is -3.10. The number of hydrogen-bond acceptors (Lipinski definition) is 4. The molecule has 0 saturated carbocycles. The first-order valence-corrected chi connectivity index (χ1v) is 9.51. The fraction of sp³-hybridized carbons (Fsp3) is 0.273. The highest BCUT2D eigenvalue weighted by molar-refractivity contribution is 6.05. The zero-order valence-corrected chi connectivity index (χ0v) is 15.7. The summed E-state index contributed by atoms with van der Waals surface area (Å²) in [7, 11) is 0. The van der Waals surface area contributed by atoms with E-state index >= 15 is 0 Å². The molecule has 1 aliphatic rings. The average molecular weight is 359 g/mol. The van der Waals surface area contributed by atoms with E-state index in [1.807, 2.05) is 18.2 Å². The van der Waals surface area contributed by atoms with Crippen LogP contribution in [-0.2, 0) is 0 Å². The van der Waals surface area contributed by atoms with Gasteiger partial charge in [-0.3, -0.25) is 4.90 Å². The van der Waals surface area contributed by atoms with Crippen LogP contribution in [0.5, 0.6) is 0 Å². The van der Waals surface area contributed by atoms with Crippen LogP contribution in [0.4, 0.5) is 11.5 Å². The third-order valence-electron chi connectivity index (χ3n) is 5.79. The highest BCUT2D eigenvalue weighted by Crippen LogP contribution is 2.32. The van der Waals surface area contributed by atoms with Crippen LogP contribution in [0.25, 0.3) is 22.1 Å². The molecule has 4 aromatic rings. The zero-order valence-electron chi connectivity index (χ0n) is 15.7. The maximum atomic E-state index is 6.11. The van der Waals surface area contributed by atoms with Crippen molar-refractivity contribution in [1.29, 1.82) is 0 Å². The third kappa shape index (κ3) is 2.66. The third-order valence-corrected chi connectivity index (χ3v) is 5.79. The monoisotopic (exact) mass is 359 g/mol. The Morgan fingerprint density at radius 1 is 0.963 bits per heavy atom. The van der Waals surface area contributed by atoms with Crippen molar-refractivity contribution in [2.75, 3.05) is 31.1 Å². The molecule has 0 atom stereocenters. The maximum absolute atomic E-state index is 6.11. The first kappa shape index (κ1) is 16.3. The van der Waals surface area contributed by atoms with Gasteiger partial charge in [0.05, 0.1) is 26.2 Å². The van der Waals surface area contributed by atoms with Gasteiger partial charge in [0.15, 0.2) is 11.4 Å². The van der Waals surface area contributed by atoms with Gasteiger partial charge in [-0.1, -0.05) is 24.3 Å². The van der Waals surface area contributed by atoms with E-state index < -0.39 is 0 Å². The zero-order chi connectivity index (χ0) is 18.4. The van der Waals surface area contributed by atoms with Crippen molar-refractivity contribution >= 4 is 33.6 Å². The number of furan rings is 1. The number of piperazine rings is 1. The molecule has 2 aromatic heterocycles. The van der Waals surface area contributed by atoms with Gasteiger partial charge < -0.3 is 9.32 Å². The molecule has 1 aliphatic heterocycles. The second-order valence-corrected chi connectivity index (χ2v) is 7.31. The van der Waals surface area contributed by atoms with E-state index in [-0.39, 0.29) is 0 Å². The van der Waals surface area contributed by atoms with Crippen LogP contribution >= 0.6 is 0 Å². The lowest BCUT2D eigenvalue weighted by atomic mass is 10.1. The van der Waals surface area contributed by atoms with E-state index in [9.17, 15) is 0 Å². The van der Waals surface area contributed by atoms with Crippen LogP contribution in [0.1, 0.15) is 11.1 Å². The summed E-state index contributed by atoms with van der Waals surface area (Å²) in [5.74, 6) is 0.913. The molecule has 0 spiro atoms. The molecular formula is C22H23N4O+. The van der Waals surface area contributed by atoms with Crippen molar-refractivity contribution < 1.29 is 9.32 Å². The minimum atomic E-state index is 0.800. The number of aryl methyl sites for hydroxylation is 1. The molecular weight excluding hydrogens is 336 g/mol. The van der Waals surface area contributed by atoms with Gasteiger partial charge in [-0.15, -0.1) is 0 Å². The number of benzene rings is 2. The first-order chi connectivity index (χ1) is 13.2. The summed E-state index contributed by atoms with van der Waals surface area (Å²) in [6.45, 7) is 8.42. The highest BCUT2D eigenvalue weighted by atomic mass is 16.3. The Morgan fingerprint density at radius 3 is 2.63 bits per heavy atom. The molecule has 136 valence electrons. The molecule has 5 nitrogen and oxygen atoms in total. The minimum absolute atomic E-state index is 0.800. The molecule has 0 unspecified atom stereocenters. The van der Waals surface area contributed by atoms with Crippen LogP contribution in [0.15, 0.2) is 53.2 Å². The highest BCUT2D eigenvalue weighted by Gasteiger charge is 2.26. The summed E-state index contributed by atoms with van der Waals surface area (Å²) in [6.07, 6.45) is 1.66. The second-order valence-electron chi connectivity index (χ2n) is 7.31. The molecule has 0 bridgehead atoms. The van der Waals surface area contributed by atoms with Crippen LogP contribution in [0, 0.1) is 13.8 Å². The summed E-state index contributed by atoms with van der Waals surface area (Å²) in [4.78, 5) is 12.9. The van der Waals surface area contributed by atoms with Crippen molar-refractivity contribution in [1.82, 2.24) is 9.97 Å². The van der Waals surface area contributed by atoms with Crippen LogP contribution in [0.3, 0.4) is 0 Å². The van der Waals surface area contributed by atoms with Crippen LogP contribution in [0.2, 0.25) is 0 Å². The lowest BCUT2D eigenvalue weighted by Gasteiger charge is -2.33. The summed E-state index contributed by atoms with van der Waals surface area (Å²) < 4.78 is 6.11. The molecule has 0 radical (unpaired) electrons. The predicted molar refractivity (Wildman–Crippen MR) is 108 cm³/mol. The second kappa shape index (κ2) is 6.35. The van der Waals surface area contributed by atoms with E-state index in [1.165, 1.54) is 16.8 Å². The van der Waals surface area contributed by atoms with Crippen molar-refractivity contribution in [3.63, 3.8) is 0 Å². The Balaban J connectivity index is 1.45. The molecule has 2 aromatic carbocycles. The number of para-hydroxylation sites is 1. The van der Waals surface area contributed by atoms with Crippen molar-refractivity contribution in [2.24, 2.45) is 0 Å². The number of aromatic nitrogens is 2. The predicted octanol–water partition coefficient (Wildman–Crippen LogP) is 3.03. The summed E-state index contributed by atoms with van der Waals surface area (Å²) in [5, 5.41) is 1.05. The van der Waals surface area contributed by atoms with E-state index in [0.717, 1.165) is 54.1 Å². The number of hydrogen-bond donors (Lipinski definition) is 1. The van der Waals surface area contributed by atoms with Gasteiger partial charge in [-0.05, 0) is 37.6 Å². The van der Waals surface area contributed by atoms with Gasteiger partial charge in [-0.2, -0.15) is 0 Å². The maximum Gasteiger partial charge on any atom is 0.196 e. The molecule has 5 rings (SSSR count). The Morgan fingerprint density at radius 2 is 1.78 bits per heavy atom. The Kier molecular flexibility index (Phi) is 3.83. The molecule has 1 saturated heterocycles. The quantitative estimate of drug-likeness (QED) is 0.598. The number of fused-ring (bicyclic) bond motifs is 3. The van der Waals surface area contributed by atoms with Gasteiger partial charge in [0.2, 0.25) is 0 Å². The fourth-order valence-electron chi connectivity index (χ4n) is 4.13. The number of rotatable bonds is 2. The topological polar surface area (TPSA) is 46.6 Å². The normalized spacial score (nSPS) is 15.7. The smallest absolute Gasteiger partial charge is 0.196 e.